The van der Waals surface area contributed by atoms with Crippen molar-refractivity contribution in [2.45, 2.75) is 18.2 Å². The molecular weight excluding hydrogens is 310 g/mol. The Labute approximate surface area is 130 Å². The number of sulfonamides is 1. The average Bonchev–Trinajstić information content (AvgIpc) is 2.43. The molecule has 0 bridgehead atoms. The van der Waals surface area contributed by atoms with Crippen LogP contribution in [0.4, 0.5) is 0 Å². The number of hydrogen-bond acceptors (Lipinski definition) is 4. The number of nitrogens with two attached hydrogens (primary N) is 1. The molecule has 0 saturated heterocycles. The van der Waals surface area contributed by atoms with E-state index in [-0.39, 0.29) is 28.8 Å². The number of nitrogens with one attached hydrogen (secondary N) is 1. The van der Waals surface area contributed by atoms with E-state index in [4.69, 9.17) is 18.0 Å². The standard InChI is InChI=1S/C13H19N3O3S2/c1-9-8-10(13(14)20)4-5-11(9)21(18,19)16(3)7-6-12(17)15-2/h4-5,8H,6-7H2,1-3H3,(H2,14,20)(H,15,17). The number of aryl methyl sites for hydroxylation is 1. The van der Waals surface area contributed by atoms with Crippen LogP contribution >= 0.6 is 12.2 Å². The zero-order valence-electron chi connectivity index (χ0n) is 12.2. The highest BCUT2D eigenvalue weighted by molar-refractivity contribution is 7.89. The molecule has 0 saturated carbocycles. The molecule has 0 unspecified atom stereocenters. The molecule has 0 aliphatic heterocycles. The van der Waals surface area contributed by atoms with Crippen molar-refractivity contribution in [1.29, 1.82) is 0 Å². The van der Waals surface area contributed by atoms with E-state index in [2.05, 4.69) is 5.32 Å². The van der Waals surface area contributed by atoms with Crippen LogP contribution in [0.1, 0.15) is 17.5 Å². The van der Waals surface area contributed by atoms with Crippen LogP contribution < -0.4 is 11.1 Å². The van der Waals surface area contributed by atoms with E-state index in [0.29, 0.717) is 11.1 Å². The molecular formula is C13H19N3O3S2. The number of rotatable bonds is 6. The van der Waals surface area contributed by atoms with Gasteiger partial charge in [0.25, 0.3) is 0 Å². The SMILES string of the molecule is CNC(=O)CCN(C)S(=O)(=O)c1ccc(C(N)=S)cc1C. The molecule has 0 aliphatic carbocycles. The maximum atomic E-state index is 12.5. The second-order valence-electron chi connectivity index (χ2n) is 4.59. The summed E-state index contributed by atoms with van der Waals surface area (Å²) in [5.74, 6) is -0.211. The molecule has 0 heterocycles. The number of hydrogen-bond donors (Lipinski definition) is 2. The zero-order valence-corrected chi connectivity index (χ0v) is 13.8. The van der Waals surface area contributed by atoms with Gasteiger partial charge in [0.1, 0.15) is 4.99 Å². The number of amides is 1. The van der Waals surface area contributed by atoms with Gasteiger partial charge in [-0.3, -0.25) is 4.79 Å². The van der Waals surface area contributed by atoms with Gasteiger partial charge in [0.2, 0.25) is 15.9 Å². The summed E-state index contributed by atoms with van der Waals surface area (Å²) in [6, 6.07) is 4.70. The van der Waals surface area contributed by atoms with Crippen molar-refractivity contribution in [1.82, 2.24) is 9.62 Å². The Morgan fingerprint density at radius 3 is 2.52 bits per heavy atom. The topological polar surface area (TPSA) is 92.5 Å². The van der Waals surface area contributed by atoms with E-state index in [1.807, 2.05) is 0 Å². The van der Waals surface area contributed by atoms with Crippen LogP contribution in [-0.2, 0) is 14.8 Å². The third kappa shape index (κ3) is 4.23. The van der Waals surface area contributed by atoms with Crippen LogP contribution in [0.25, 0.3) is 0 Å². The van der Waals surface area contributed by atoms with E-state index >= 15 is 0 Å². The summed E-state index contributed by atoms with van der Waals surface area (Å²) in [7, 11) is -0.694. The molecule has 0 atom stereocenters. The molecule has 8 heteroatoms. The van der Waals surface area contributed by atoms with E-state index in [0.717, 1.165) is 4.31 Å². The first kappa shape index (κ1) is 17.5. The molecule has 0 spiro atoms. The molecule has 6 nitrogen and oxygen atoms in total. The third-order valence-corrected chi connectivity index (χ3v) is 5.33. The van der Waals surface area contributed by atoms with E-state index in [1.165, 1.54) is 20.2 Å². The maximum absolute atomic E-state index is 12.5. The second kappa shape index (κ2) is 6.97. The van der Waals surface area contributed by atoms with E-state index in [1.54, 1.807) is 19.1 Å². The summed E-state index contributed by atoms with van der Waals surface area (Å²) in [6.45, 7) is 1.79. The minimum Gasteiger partial charge on any atom is -0.389 e. The third-order valence-electron chi connectivity index (χ3n) is 3.08. The normalized spacial score (nSPS) is 11.4. The lowest BCUT2D eigenvalue weighted by molar-refractivity contribution is -0.120. The second-order valence-corrected chi connectivity index (χ2v) is 7.05. The van der Waals surface area contributed by atoms with Crippen molar-refractivity contribution < 1.29 is 13.2 Å². The molecule has 0 aliphatic rings. The average molecular weight is 329 g/mol. The molecule has 0 fully saturated rings. The number of thiocarbonyl (C=S) groups is 1. The van der Waals surface area contributed by atoms with Crippen molar-refractivity contribution in [3.63, 3.8) is 0 Å². The zero-order chi connectivity index (χ0) is 16.2. The predicted octanol–water partition coefficient (Wildman–Crippen LogP) is 0.386. The van der Waals surface area contributed by atoms with Gasteiger partial charge in [0, 0.05) is 32.6 Å². The summed E-state index contributed by atoms with van der Waals surface area (Å²) in [6.07, 6.45) is 0.107. The number of carbonyl (C=O) groups excluding carboxylic acids is 1. The predicted molar refractivity (Wildman–Crippen MR) is 85.6 cm³/mol. The Morgan fingerprint density at radius 1 is 1.43 bits per heavy atom. The van der Waals surface area contributed by atoms with Crippen molar-refractivity contribution in [3.8, 4) is 0 Å². The summed E-state index contributed by atoms with van der Waals surface area (Å²) in [5, 5.41) is 2.45. The van der Waals surface area contributed by atoms with Gasteiger partial charge in [-0.1, -0.05) is 18.3 Å². The molecule has 1 amide bonds. The van der Waals surface area contributed by atoms with Gasteiger partial charge in [-0.05, 0) is 24.6 Å². The van der Waals surface area contributed by atoms with Gasteiger partial charge in [-0.15, -0.1) is 0 Å². The molecule has 21 heavy (non-hydrogen) atoms. The van der Waals surface area contributed by atoms with Crippen molar-refractivity contribution in [2.75, 3.05) is 20.6 Å². The molecule has 1 aromatic rings. The minimum atomic E-state index is -3.65. The maximum Gasteiger partial charge on any atom is 0.243 e. The van der Waals surface area contributed by atoms with Crippen molar-refractivity contribution in [3.05, 3.63) is 29.3 Å². The summed E-state index contributed by atoms with van der Waals surface area (Å²) in [5.41, 5.74) is 6.71. The van der Waals surface area contributed by atoms with Gasteiger partial charge in [-0.2, -0.15) is 0 Å². The quantitative estimate of drug-likeness (QED) is 0.736. The minimum absolute atomic E-state index is 0.107. The van der Waals surface area contributed by atoms with E-state index in [9.17, 15) is 13.2 Å². The molecule has 0 aromatic heterocycles. The highest BCUT2D eigenvalue weighted by Crippen LogP contribution is 2.20. The van der Waals surface area contributed by atoms with Crippen LogP contribution in [0.3, 0.4) is 0 Å². The van der Waals surface area contributed by atoms with Crippen LogP contribution in [0.5, 0.6) is 0 Å². The van der Waals surface area contributed by atoms with Crippen LogP contribution in [0.2, 0.25) is 0 Å². The number of carbonyl (C=O) groups is 1. The highest BCUT2D eigenvalue weighted by Gasteiger charge is 2.23. The van der Waals surface area contributed by atoms with Crippen LogP contribution in [0.15, 0.2) is 23.1 Å². The van der Waals surface area contributed by atoms with Gasteiger partial charge in [-0.25, -0.2) is 12.7 Å². The van der Waals surface area contributed by atoms with E-state index < -0.39 is 10.0 Å². The fourth-order valence-corrected chi connectivity index (χ4v) is 3.26. The lowest BCUT2D eigenvalue weighted by Crippen LogP contribution is -2.31. The molecule has 116 valence electrons. The Kier molecular flexibility index (Phi) is 5.82. The smallest absolute Gasteiger partial charge is 0.243 e. The Balaban J connectivity index is 3.02. The molecule has 1 rings (SSSR count). The molecule has 1 aromatic carbocycles. The number of benzene rings is 1. The first-order chi connectivity index (χ1) is 9.70. The van der Waals surface area contributed by atoms with Gasteiger partial charge >= 0.3 is 0 Å². The Morgan fingerprint density at radius 2 is 2.05 bits per heavy atom. The summed E-state index contributed by atoms with van der Waals surface area (Å²) in [4.78, 5) is 11.6. The lowest BCUT2D eigenvalue weighted by Gasteiger charge is -2.18. The Bertz CT molecular complexity index is 657. The van der Waals surface area contributed by atoms with Crippen LogP contribution in [-0.4, -0.2) is 44.3 Å². The fourth-order valence-electron chi connectivity index (χ4n) is 1.76. The highest BCUT2D eigenvalue weighted by atomic mass is 32.2. The summed E-state index contributed by atoms with van der Waals surface area (Å²) >= 11 is 4.87. The fraction of sp³-hybridized carbons (Fsp3) is 0.385. The summed E-state index contributed by atoms with van der Waals surface area (Å²) < 4.78 is 26.1. The van der Waals surface area contributed by atoms with Crippen LogP contribution in [0, 0.1) is 6.92 Å². The van der Waals surface area contributed by atoms with Gasteiger partial charge in [0.15, 0.2) is 0 Å². The largest absolute Gasteiger partial charge is 0.389 e. The van der Waals surface area contributed by atoms with Crippen molar-refractivity contribution >= 4 is 33.1 Å². The number of nitrogens with zero attached hydrogens (tertiary/aromatic N) is 1. The van der Waals surface area contributed by atoms with Gasteiger partial charge < -0.3 is 11.1 Å². The first-order valence-electron chi connectivity index (χ1n) is 6.27. The Hall–Kier alpha value is -1.51. The molecule has 3 N–H and O–H groups in total. The monoisotopic (exact) mass is 329 g/mol. The van der Waals surface area contributed by atoms with Gasteiger partial charge in [0.05, 0.1) is 4.90 Å². The first-order valence-corrected chi connectivity index (χ1v) is 8.12. The van der Waals surface area contributed by atoms with Crippen molar-refractivity contribution in [2.24, 2.45) is 5.73 Å². The molecule has 0 radical (unpaired) electrons. The lowest BCUT2D eigenvalue weighted by atomic mass is 10.1.